The Hall–Kier alpha value is -1.97. The number of carbonyl (C=O) groups is 1. The predicted octanol–water partition coefficient (Wildman–Crippen LogP) is 2.63. The number of benzene rings is 1. The quantitative estimate of drug-likeness (QED) is 0.846. The van der Waals surface area contributed by atoms with Crippen molar-refractivity contribution in [2.75, 3.05) is 25.5 Å². The van der Waals surface area contributed by atoms with Gasteiger partial charge in [0.2, 0.25) is 5.91 Å². The molecule has 0 aromatic heterocycles. The minimum Gasteiger partial charge on any atom is -0.497 e. The van der Waals surface area contributed by atoms with Gasteiger partial charge < -0.3 is 15.0 Å². The minimum atomic E-state index is -0.0884. The number of allylic oxidation sites excluding steroid dienone is 1. The summed E-state index contributed by atoms with van der Waals surface area (Å²) in [5.41, 5.74) is 1.81. The zero-order valence-corrected chi connectivity index (χ0v) is 11.5. The summed E-state index contributed by atoms with van der Waals surface area (Å²) >= 11 is 0. The molecule has 1 aromatic carbocycles. The molecule has 1 aliphatic rings. The van der Waals surface area contributed by atoms with Crippen molar-refractivity contribution in [2.24, 2.45) is 0 Å². The van der Waals surface area contributed by atoms with Crippen LogP contribution in [0.4, 0.5) is 5.69 Å². The molecule has 1 aliphatic heterocycles. The topological polar surface area (TPSA) is 41.6 Å². The number of methoxy groups -OCH3 is 1. The lowest BCUT2D eigenvalue weighted by Crippen LogP contribution is -2.19. The van der Waals surface area contributed by atoms with Gasteiger partial charge in [-0.05, 0) is 44.0 Å². The molecule has 0 saturated carbocycles. The highest BCUT2D eigenvalue weighted by Gasteiger charge is 2.12. The number of carbonyl (C=O) groups excluding carboxylic acids is 1. The van der Waals surface area contributed by atoms with Gasteiger partial charge >= 0.3 is 0 Å². The second-order valence-electron chi connectivity index (χ2n) is 4.70. The van der Waals surface area contributed by atoms with E-state index >= 15 is 0 Å². The maximum atomic E-state index is 11.9. The van der Waals surface area contributed by atoms with Crippen molar-refractivity contribution in [2.45, 2.75) is 19.8 Å². The number of rotatable bonds is 4. The van der Waals surface area contributed by atoms with Crippen LogP contribution in [0.3, 0.4) is 0 Å². The Bertz CT molecular complexity index is 460. The van der Waals surface area contributed by atoms with Crippen LogP contribution in [0.5, 0.6) is 5.75 Å². The molecule has 1 fully saturated rings. The third kappa shape index (κ3) is 3.74. The van der Waals surface area contributed by atoms with Crippen molar-refractivity contribution in [1.29, 1.82) is 0 Å². The summed E-state index contributed by atoms with van der Waals surface area (Å²) in [6.07, 6.45) is 4.09. The fourth-order valence-corrected chi connectivity index (χ4v) is 2.20. The molecule has 2 rings (SSSR count). The summed E-state index contributed by atoms with van der Waals surface area (Å²) in [5.74, 6) is 0.691. The average molecular weight is 260 g/mol. The van der Waals surface area contributed by atoms with Crippen LogP contribution in [-0.4, -0.2) is 31.0 Å². The second-order valence-corrected chi connectivity index (χ2v) is 4.70. The van der Waals surface area contributed by atoms with Crippen LogP contribution < -0.4 is 10.1 Å². The molecule has 1 saturated heterocycles. The van der Waals surface area contributed by atoms with Crippen molar-refractivity contribution >= 4 is 11.6 Å². The molecule has 1 heterocycles. The lowest BCUT2D eigenvalue weighted by atomic mass is 10.3. The van der Waals surface area contributed by atoms with E-state index in [1.807, 2.05) is 31.2 Å². The third-order valence-electron chi connectivity index (χ3n) is 3.30. The van der Waals surface area contributed by atoms with Gasteiger partial charge in [0.15, 0.2) is 0 Å². The highest BCUT2D eigenvalue weighted by molar-refractivity contribution is 5.99. The zero-order valence-electron chi connectivity index (χ0n) is 11.5. The first kappa shape index (κ1) is 13.5. The molecule has 19 heavy (non-hydrogen) atoms. The molecule has 4 heteroatoms. The predicted molar refractivity (Wildman–Crippen MR) is 76.2 cm³/mol. The van der Waals surface area contributed by atoms with E-state index in [-0.39, 0.29) is 5.91 Å². The fourth-order valence-electron chi connectivity index (χ4n) is 2.20. The Balaban J connectivity index is 1.94. The molecule has 1 amide bonds. The van der Waals surface area contributed by atoms with Gasteiger partial charge in [-0.15, -0.1) is 0 Å². The van der Waals surface area contributed by atoms with Gasteiger partial charge in [-0.25, -0.2) is 0 Å². The summed E-state index contributed by atoms with van der Waals surface area (Å²) in [6, 6.07) is 7.31. The van der Waals surface area contributed by atoms with Crippen LogP contribution in [0.25, 0.3) is 0 Å². The van der Waals surface area contributed by atoms with Gasteiger partial charge in [0.05, 0.1) is 7.11 Å². The number of likely N-dealkylation sites (tertiary alicyclic amines) is 1. The van der Waals surface area contributed by atoms with Crippen molar-refractivity contribution < 1.29 is 9.53 Å². The van der Waals surface area contributed by atoms with Crippen molar-refractivity contribution in [3.63, 3.8) is 0 Å². The lowest BCUT2D eigenvalue weighted by molar-refractivity contribution is -0.112. The molecule has 0 bridgehead atoms. The minimum absolute atomic E-state index is 0.0884. The van der Waals surface area contributed by atoms with E-state index in [4.69, 9.17) is 4.74 Å². The standard InChI is InChI=1S/C15H20N2O2/c1-12(17-9-3-4-10-17)11-15(18)16-13-5-7-14(19-2)8-6-13/h5-8,11H,3-4,9-10H2,1-2H3,(H,16,18)/b12-11-. The Morgan fingerprint density at radius 1 is 1.26 bits per heavy atom. The lowest BCUT2D eigenvalue weighted by Gasteiger charge is -2.17. The second kappa shape index (κ2) is 6.27. The van der Waals surface area contributed by atoms with E-state index in [2.05, 4.69) is 10.2 Å². The summed E-state index contributed by atoms with van der Waals surface area (Å²) < 4.78 is 5.07. The van der Waals surface area contributed by atoms with E-state index in [9.17, 15) is 4.79 Å². The van der Waals surface area contributed by atoms with Crippen LogP contribution >= 0.6 is 0 Å². The first-order valence-electron chi connectivity index (χ1n) is 6.57. The Morgan fingerprint density at radius 2 is 1.89 bits per heavy atom. The van der Waals surface area contributed by atoms with Gasteiger partial charge in [-0.2, -0.15) is 0 Å². The highest BCUT2D eigenvalue weighted by atomic mass is 16.5. The van der Waals surface area contributed by atoms with Gasteiger partial charge in [0, 0.05) is 30.5 Å². The molecule has 0 unspecified atom stereocenters. The van der Waals surface area contributed by atoms with Crippen LogP contribution in [0, 0.1) is 0 Å². The largest absolute Gasteiger partial charge is 0.497 e. The number of nitrogens with one attached hydrogen (secondary N) is 1. The zero-order chi connectivity index (χ0) is 13.7. The summed E-state index contributed by atoms with van der Waals surface area (Å²) in [4.78, 5) is 14.1. The Kier molecular flexibility index (Phi) is 4.44. The molecule has 4 nitrogen and oxygen atoms in total. The van der Waals surface area contributed by atoms with Crippen molar-refractivity contribution in [1.82, 2.24) is 4.90 Å². The first-order valence-corrected chi connectivity index (χ1v) is 6.57. The van der Waals surface area contributed by atoms with Crippen LogP contribution in [0.1, 0.15) is 19.8 Å². The van der Waals surface area contributed by atoms with E-state index in [0.717, 1.165) is 30.2 Å². The third-order valence-corrected chi connectivity index (χ3v) is 3.30. The number of nitrogens with zero attached hydrogens (tertiary/aromatic N) is 1. The van der Waals surface area contributed by atoms with Crippen molar-refractivity contribution in [3.8, 4) is 5.75 Å². The van der Waals surface area contributed by atoms with Crippen molar-refractivity contribution in [3.05, 3.63) is 36.0 Å². The molecule has 0 radical (unpaired) electrons. The van der Waals surface area contributed by atoms with E-state index in [1.165, 1.54) is 12.8 Å². The molecule has 102 valence electrons. The van der Waals surface area contributed by atoms with Gasteiger partial charge in [-0.1, -0.05) is 0 Å². The number of ether oxygens (including phenoxy) is 1. The van der Waals surface area contributed by atoms with E-state index in [0.29, 0.717) is 0 Å². The number of hydrogen-bond donors (Lipinski definition) is 1. The Morgan fingerprint density at radius 3 is 2.47 bits per heavy atom. The normalized spacial score (nSPS) is 15.5. The molecule has 1 N–H and O–H groups in total. The molecule has 0 spiro atoms. The monoisotopic (exact) mass is 260 g/mol. The Labute approximate surface area is 114 Å². The van der Waals surface area contributed by atoms with Gasteiger partial charge in [-0.3, -0.25) is 4.79 Å². The molecule has 0 aliphatic carbocycles. The van der Waals surface area contributed by atoms with Gasteiger partial charge in [0.1, 0.15) is 5.75 Å². The average Bonchev–Trinajstić information content (AvgIpc) is 2.93. The molecule has 1 aromatic rings. The van der Waals surface area contributed by atoms with Crippen LogP contribution in [0.2, 0.25) is 0 Å². The van der Waals surface area contributed by atoms with Gasteiger partial charge in [0.25, 0.3) is 0 Å². The molecular weight excluding hydrogens is 240 g/mol. The highest BCUT2D eigenvalue weighted by Crippen LogP contribution is 2.16. The first-order chi connectivity index (χ1) is 9.19. The summed E-state index contributed by atoms with van der Waals surface area (Å²) in [5, 5.41) is 2.85. The molecular formula is C15H20N2O2. The summed E-state index contributed by atoms with van der Waals surface area (Å²) in [7, 11) is 1.62. The van der Waals surface area contributed by atoms with E-state index < -0.39 is 0 Å². The number of anilines is 1. The maximum absolute atomic E-state index is 11.9. The SMILES string of the molecule is COc1ccc(NC(=O)/C=C(/C)N2CCCC2)cc1. The maximum Gasteiger partial charge on any atom is 0.250 e. The smallest absolute Gasteiger partial charge is 0.250 e. The van der Waals surface area contributed by atoms with Crippen LogP contribution in [0.15, 0.2) is 36.0 Å². The molecule has 0 atom stereocenters. The number of hydrogen-bond acceptors (Lipinski definition) is 3. The number of amides is 1. The van der Waals surface area contributed by atoms with Crippen LogP contribution in [-0.2, 0) is 4.79 Å². The van der Waals surface area contributed by atoms with E-state index in [1.54, 1.807) is 13.2 Å². The summed E-state index contributed by atoms with van der Waals surface area (Å²) in [6.45, 7) is 4.09. The fraction of sp³-hybridized carbons (Fsp3) is 0.400.